The lowest BCUT2D eigenvalue weighted by Crippen LogP contribution is -2.34. The Hall–Kier alpha value is -2.68. The van der Waals surface area contributed by atoms with Gasteiger partial charge >= 0.3 is 5.97 Å². The minimum Gasteiger partial charge on any atom is -0.476 e. The second-order valence-electron chi connectivity index (χ2n) is 6.49. The maximum Gasteiger partial charge on any atom is 0.344 e. The van der Waals surface area contributed by atoms with Crippen LogP contribution in [0.5, 0.6) is 5.75 Å². The van der Waals surface area contributed by atoms with Crippen LogP contribution in [0.4, 0.5) is 8.78 Å². The number of carbonyl (C=O) groups excluding carboxylic acids is 3. The van der Waals surface area contributed by atoms with Gasteiger partial charge in [-0.2, -0.15) is 0 Å². The fourth-order valence-electron chi connectivity index (χ4n) is 3.30. The van der Waals surface area contributed by atoms with Crippen molar-refractivity contribution in [3.63, 3.8) is 0 Å². The first kappa shape index (κ1) is 21.0. The maximum atomic E-state index is 14.2. The Morgan fingerprint density at radius 3 is 2.66 bits per heavy atom. The van der Waals surface area contributed by atoms with Gasteiger partial charge in [0.25, 0.3) is 0 Å². The second-order valence-corrected chi connectivity index (χ2v) is 7.66. The highest BCUT2D eigenvalue weighted by molar-refractivity contribution is 7.99. The molecular formula is C20H19F2NO5S. The number of ether oxygens (including phenoxy) is 2. The smallest absolute Gasteiger partial charge is 0.344 e. The van der Waals surface area contributed by atoms with Crippen LogP contribution in [-0.2, 0) is 19.1 Å². The normalized spacial score (nSPS) is 22.4. The van der Waals surface area contributed by atoms with Crippen molar-refractivity contribution in [3.05, 3.63) is 48.1 Å². The summed E-state index contributed by atoms with van der Waals surface area (Å²) in [7, 11) is 0. The van der Waals surface area contributed by atoms with Gasteiger partial charge in [-0.05, 0) is 31.2 Å². The zero-order valence-electron chi connectivity index (χ0n) is 15.6. The average molecular weight is 423 g/mol. The number of amides is 2. The standard InChI is InChI=1S/C20H19F2NO5S/c1-2-27-16(24)11-28-17-14(21)9-12(10-15(17)22)29-8-7-20-6-4-3-5-13(20)18(25)23-19(20)26/h3-6,9-10,13H,2,7-8,11H2,1H3,(H,23,25,26). The number of esters is 1. The lowest BCUT2D eigenvalue weighted by Gasteiger charge is -2.28. The van der Waals surface area contributed by atoms with Gasteiger partial charge in [0, 0.05) is 4.90 Å². The molecule has 1 heterocycles. The van der Waals surface area contributed by atoms with E-state index in [1.165, 1.54) is 0 Å². The molecule has 2 aliphatic rings. The van der Waals surface area contributed by atoms with E-state index in [4.69, 9.17) is 4.74 Å². The van der Waals surface area contributed by atoms with E-state index >= 15 is 0 Å². The minimum atomic E-state index is -0.974. The summed E-state index contributed by atoms with van der Waals surface area (Å²) in [6.45, 7) is 1.15. The lowest BCUT2D eigenvalue weighted by molar-refractivity contribution is -0.145. The molecule has 1 aliphatic heterocycles. The Labute approximate surface area is 170 Å². The zero-order valence-corrected chi connectivity index (χ0v) is 16.4. The van der Waals surface area contributed by atoms with Gasteiger partial charge in [0.1, 0.15) is 0 Å². The Morgan fingerprint density at radius 1 is 1.24 bits per heavy atom. The van der Waals surface area contributed by atoms with Crippen LogP contribution in [0.1, 0.15) is 13.3 Å². The molecule has 0 radical (unpaired) electrons. The molecule has 2 amide bonds. The molecule has 1 fully saturated rings. The van der Waals surface area contributed by atoms with Crippen molar-refractivity contribution in [2.45, 2.75) is 18.2 Å². The number of fused-ring (bicyclic) bond motifs is 1. The Morgan fingerprint density at radius 2 is 1.97 bits per heavy atom. The number of rotatable bonds is 8. The molecule has 154 valence electrons. The van der Waals surface area contributed by atoms with Crippen LogP contribution >= 0.6 is 11.8 Å². The first-order valence-electron chi connectivity index (χ1n) is 8.99. The average Bonchev–Trinajstić information content (AvgIpc) is 2.92. The van der Waals surface area contributed by atoms with E-state index in [-0.39, 0.29) is 18.4 Å². The summed E-state index contributed by atoms with van der Waals surface area (Å²) < 4.78 is 37.9. The number of benzene rings is 1. The molecule has 1 aliphatic carbocycles. The molecule has 2 atom stereocenters. The van der Waals surface area contributed by atoms with Crippen LogP contribution < -0.4 is 10.1 Å². The number of hydrogen-bond donors (Lipinski definition) is 1. The number of nitrogens with one attached hydrogen (secondary N) is 1. The fourth-order valence-corrected chi connectivity index (χ4v) is 4.35. The predicted molar refractivity (Wildman–Crippen MR) is 101 cm³/mol. The fraction of sp³-hybridized carbons (Fsp3) is 0.350. The lowest BCUT2D eigenvalue weighted by atomic mass is 9.72. The number of carbonyl (C=O) groups is 3. The molecule has 0 bridgehead atoms. The molecular weight excluding hydrogens is 404 g/mol. The van der Waals surface area contributed by atoms with E-state index in [1.807, 2.05) is 0 Å². The summed E-state index contributed by atoms with van der Waals surface area (Å²) in [4.78, 5) is 35.9. The van der Waals surface area contributed by atoms with Crippen molar-refractivity contribution >= 4 is 29.5 Å². The summed E-state index contributed by atoms with van der Waals surface area (Å²) in [5, 5.41) is 2.34. The molecule has 1 saturated heterocycles. The number of allylic oxidation sites excluding steroid dienone is 2. The van der Waals surface area contributed by atoms with Crippen LogP contribution in [-0.4, -0.2) is 36.8 Å². The quantitative estimate of drug-likeness (QED) is 0.393. The van der Waals surface area contributed by atoms with Gasteiger partial charge in [-0.3, -0.25) is 14.9 Å². The van der Waals surface area contributed by atoms with Crippen molar-refractivity contribution in [1.29, 1.82) is 0 Å². The third kappa shape index (κ3) is 4.34. The van der Waals surface area contributed by atoms with E-state index in [9.17, 15) is 23.2 Å². The third-order valence-electron chi connectivity index (χ3n) is 4.70. The first-order valence-corrected chi connectivity index (χ1v) is 9.97. The minimum absolute atomic E-state index is 0.139. The van der Waals surface area contributed by atoms with Gasteiger partial charge in [-0.25, -0.2) is 13.6 Å². The van der Waals surface area contributed by atoms with Crippen molar-refractivity contribution in [3.8, 4) is 5.75 Å². The Balaban J connectivity index is 1.63. The van der Waals surface area contributed by atoms with E-state index in [1.54, 1.807) is 31.2 Å². The molecule has 1 aromatic carbocycles. The van der Waals surface area contributed by atoms with Crippen molar-refractivity contribution in [1.82, 2.24) is 5.32 Å². The first-order chi connectivity index (χ1) is 13.9. The van der Waals surface area contributed by atoms with Crippen LogP contribution in [0.2, 0.25) is 0 Å². The second kappa shape index (κ2) is 8.77. The van der Waals surface area contributed by atoms with E-state index in [0.717, 1.165) is 23.9 Å². The Kier molecular flexibility index (Phi) is 6.36. The molecule has 9 heteroatoms. The van der Waals surface area contributed by atoms with Crippen molar-refractivity contribution < 1.29 is 32.6 Å². The molecule has 1 aromatic rings. The number of hydrogen-bond acceptors (Lipinski definition) is 6. The van der Waals surface area contributed by atoms with Gasteiger partial charge in [-0.15, -0.1) is 11.8 Å². The third-order valence-corrected chi connectivity index (χ3v) is 5.68. The molecule has 0 aromatic heterocycles. The highest BCUT2D eigenvalue weighted by Crippen LogP contribution is 2.43. The van der Waals surface area contributed by atoms with Crippen LogP contribution in [0.25, 0.3) is 0 Å². The highest BCUT2D eigenvalue weighted by Gasteiger charge is 2.52. The zero-order chi connectivity index (χ0) is 21.0. The monoisotopic (exact) mass is 423 g/mol. The molecule has 1 N–H and O–H groups in total. The summed E-state index contributed by atoms with van der Waals surface area (Å²) >= 11 is 1.15. The number of thioether (sulfide) groups is 1. The Bertz CT molecular complexity index is 878. The van der Waals surface area contributed by atoms with Crippen molar-refractivity contribution in [2.24, 2.45) is 11.3 Å². The van der Waals surface area contributed by atoms with Gasteiger partial charge < -0.3 is 9.47 Å². The van der Waals surface area contributed by atoms with Gasteiger partial charge in [0.2, 0.25) is 11.8 Å². The number of imide groups is 1. The largest absolute Gasteiger partial charge is 0.476 e. The van der Waals surface area contributed by atoms with Crippen LogP contribution in [0, 0.1) is 23.0 Å². The summed E-state index contributed by atoms with van der Waals surface area (Å²) in [6, 6.07) is 2.19. The summed E-state index contributed by atoms with van der Waals surface area (Å²) in [5.74, 6) is -4.19. The van der Waals surface area contributed by atoms with E-state index < -0.39 is 41.3 Å². The van der Waals surface area contributed by atoms with Crippen molar-refractivity contribution in [2.75, 3.05) is 19.0 Å². The topological polar surface area (TPSA) is 81.7 Å². The van der Waals surface area contributed by atoms with E-state index in [0.29, 0.717) is 17.1 Å². The maximum absolute atomic E-state index is 14.2. The SMILES string of the molecule is CCOC(=O)COc1c(F)cc(SCCC23C=CC=CC2C(=O)NC3=O)cc1F. The molecule has 0 spiro atoms. The molecule has 2 unspecified atom stereocenters. The molecule has 29 heavy (non-hydrogen) atoms. The van der Waals surface area contributed by atoms with E-state index in [2.05, 4.69) is 10.1 Å². The van der Waals surface area contributed by atoms with Crippen LogP contribution in [0.15, 0.2) is 41.3 Å². The van der Waals surface area contributed by atoms with Crippen LogP contribution in [0.3, 0.4) is 0 Å². The highest BCUT2D eigenvalue weighted by atomic mass is 32.2. The molecule has 3 rings (SSSR count). The molecule has 6 nitrogen and oxygen atoms in total. The predicted octanol–water partition coefficient (Wildman–Crippen LogP) is 2.77. The van der Waals surface area contributed by atoms with Gasteiger partial charge in [0.05, 0.1) is 17.9 Å². The van der Waals surface area contributed by atoms with Gasteiger partial charge in [-0.1, -0.05) is 24.3 Å². The molecule has 0 saturated carbocycles. The summed E-state index contributed by atoms with van der Waals surface area (Å²) in [5.41, 5.74) is -0.974. The number of halogens is 2. The summed E-state index contributed by atoms with van der Waals surface area (Å²) in [6.07, 6.45) is 7.14. The van der Waals surface area contributed by atoms with Gasteiger partial charge in [0.15, 0.2) is 24.0 Å².